The van der Waals surface area contributed by atoms with Crippen LogP contribution in [-0.4, -0.2) is 56.6 Å². The lowest BCUT2D eigenvalue weighted by Gasteiger charge is -2.38. The van der Waals surface area contributed by atoms with Gasteiger partial charge in [0, 0.05) is 43.9 Å². The van der Waals surface area contributed by atoms with Crippen molar-refractivity contribution in [1.29, 1.82) is 0 Å². The zero-order valence-electron chi connectivity index (χ0n) is 19.8. The maximum atomic E-state index is 13.4. The fourth-order valence-corrected chi connectivity index (χ4v) is 4.90. The van der Waals surface area contributed by atoms with Gasteiger partial charge < -0.3 is 9.80 Å². The average molecular weight is 455 g/mol. The summed E-state index contributed by atoms with van der Waals surface area (Å²) in [5.41, 5.74) is 4.44. The van der Waals surface area contributed by atoms with Crippen LogP contribution in [0.4, 0.5) is 5.82 Å². The molecular formula is C27H30N6O. The van der Waals surface area contributed by atoms with Gasteiger partial charge in [-0.25, -0.2) is 4.98 Å². The fourth-order valence-electron chi connectivity index (χ4n) is 4.90. The van der Waals surface area contributed by atoms with E-state index in [0.29, 0.717) is 18.9 Å². The molecule has 0 N–H and O–H groups in total. The van der Waals surface area contributed by atoms with Gasteiger partial charge in [0.05, 0.1) is 5.92 Å². The molecule has 0 aliphatic carbocycles. The molecule has 0 bridgehead atoms. The molecule has 1 aliphatic heterocycles. The van der Waals surface area contributed by atoms with Crippen molar-refractivity contribution in [3.05, 3.63) is 89.4 Å². The Morgan fingerprint density at radius 1 is 0.971 bits per heavy atom. The molecule has 0 spiro atoms. The Morgan fingerprint density at radius 2 is 1.65 bits per heavy atom. The average Bonchev–Trinajstić information content (AvgIpc) is 3.34. The molecule has 174 valence electrons. The SMILES string of the molecule is CC[C@@H](C(=O)N1CCN(c2c(Cc3ccccc3)c(C)nc3ncnn23)CC1)c1ccccc1. The predicted molar refractivity (Wildman–Crippen MR) is 133 cm³/mol. The third kappa shape index (κ3) is 4.25. The van der Waals surface area contributed by atoms with E-state index in [9.17, 15) is 4.79 Å². The van der Waals surface area contributed by atoms with E-state index in [0.717, 1.165) is 48.6 Å². The summed E-state index contributed by atoms with van der Waals surface area (Å²) in [7, 11) is 0. The van der Waals surface area contributed by atoms with Crippen molar-refractivity contribution in [1.82, 2.24) is 24.5 Å². The third-order valence-electron chi connectivity index (χ3n) is 6.73. The van der Waals surface area contributed by atoms with Crippen LogP contribution in [0.25, 0.3) is 5.78 Å². The van der Waals surface area contributed by atoms with Crippen LogP contribution in [0.5, 0.6) is 0 Å². The Labute approximate surface area is 200 Å². The van der Waals surface area contributed by atoms with Crippen LogP contribution in [0.2, 0.25) is 0 Å². The number of hydrogen-bond donors (Lipinski definition) is 0. The first-order valence-electron chi connectivity index (χ1n) is 12.0. The Bertz CT molecular complexity index is 1260. The topological polar surface area (TPSA) is 66.6 Å². The van der Waals surface area contributed by atoms with E-state index in [1.54, 1.807) is 6.33 Å². The molecule has 1 amide bonds. The van der Waals surface area contributed by atoms with E-state index >= 15 is 0 Å². The summed E-state index contributed by atoms with van der Waals surface area (Å²) in [6.45, 7) is 6.99. The van der Waals surface area contributed by atoms with Crippen LogP contribution in [-0.2, 0) is 11.2 Å². The van der Waals surface area contributed by atoms with E-state index in [1.165, 1.54) is 5.56 Å². The molecule has 1 saturated heterocycles. The maximum Gasteiger partial charge on any atom is 0.254 e. The smallest absolute Gasteiger partial charge is 0.254 e. The number of carbonyl (C=O) groups is 1. The van der Waals surface area contributed by atoms with Crippen LogP contribution >= 0.6 is 0 Å². The van der Waals surface area contributed by atoms with Crippen LogP contribution in [0.1, 0.15) is 41.6 Å². The highest BCUT2D eigenvalue weighted by atomic mass is 16.2. The van der Waals surface area contributed by atoms with E-state index in [4.69, 9.17) is 4.98 Å². The van der Waals surface area contributed by atoms with Crippen LogP contribution in [0.3, 0.4) is 0 Å². The standard InChI is InChI=1S/C27H30N6O/c1-3-23(22-12-8-5-9-13-22)26(34)32-16-14-31(15-17-32)25-24(18-21-10-6-4-7-11-21)20(2)30-27-28-19-29-33(25)27/h4-13,19,23H,3,14-18H2,1-2H3/t23-/m1/s1. The monoisotopic (exact) mass is 454 g/mol. The number of amides is 1. The summed E-state index contributed by atoms with van der Waals surface area (Å²) in [5.74, 6) is 1.77. The first-order chi connectivity index (χ1) is 16.7. The first-order valence-corrected chi connectivity index (χ1v) is 12.0. The van der Waals surface area contributed by atoms with Gasteiger partial charge in [0.25, 0.3) is 5.78 Å². The molecule has 5 rings (SSSR count). The molecule has 34 heavy (non-hydrogen) atoms. The number of rotatable bonds is 6. The van der Waals surface area contributed by atoms with Crippen molar-refractivity contribution in [2.24, 2.45) is 0 Å². The van der Waals surface area contributed by atoms with Crippen molar-refractivity contribution in [2.75, 3.05) is 31.1 Å². The summed E-state index contributed by atoms with van der Waals surface area (Å²) >= 11 is 0. The minimum absolute atomic E-state index is 0.0911. The van der Waals surface area contributed by atoms with Gasteiger partial charge in [-0.05, 0) is 24.5 Å². The number of carbonyl (C=O) groups excluding carboxylic acids is 1. The van der Waals surface area contributed by atoms with Crippen molar-refractivity contribution in [3.63, 3.8) is 0 Å². The van der Waals surface area contributed by atoms with E-state index < -0.39 is 0 Å². The predicted octanol–water partition coefficient (Wildman–Crippen LogP) is 3.87. The Balaban J connectivity index is 1.40. The normalized spacial score (nSPS) is 15.0. The van der Waals surface area contributed by atoms with Gasteiger partial charge in [-0.1, -0.05) is 67.6 Å². The second kappa shape index (κ2) is 9.63. The maximum absolute atomic E-state index is 13.4. The summed E-state index contributed by atoms with van der Waals surface area (Å²) in [6.07, 6.45) is 3.13. The van der Waals surface area contributed by atoms with Crippen molar-refractivity contribution in [2.45, 2.75) is 32.6 Å². The van der Waals surface area contributed by atoms with Gasteiger partial charge in [-0.3, -0.25) is 4.79 Å². The van der Waals surface area contributed by atoms with E-state index in [2.05, 4.69) is 58.3 Å². The molecule has 1 aliphatic rings. The molecule has 7 heteroatoms. The first kappa shape index (κ1) is 22.1. The molecule has 0 radical (unpaired) electrons. The molecule has 0 unspecified atom stereocenters. The minimum Gasteiger partial charge on any atom is -0.353 e. The lowest BCUT2D eigenvalue weighted by atomic mass is 9.94. The molecule has 4 aromatic rings. The molecule has 1 atom stereocenters. The summed E-state index contributed by atoms with van der Waals surface area (Å²) in [5, 5.41) is 4.49. The molecule has 3 heterocycles. The second-order valence-electron chi connectivity index (χ2n) is 8.82. The molecule has 1 fully saturated rings. The number of hydrogen-bond acceptors (Lipinski definition) is 5. The van der Waals surface area contributed by atoms with E-state index in [1.807, 2.05) is 40.6 Å². The lowest BCUT2D eigenvalue weighted by molar-refractivity contribution is -0.133. The Hall–Kier alpha value is -3.74. The zero-order chi connectivity index (χ0) is 23.5. The lowest BCUT2D eigenvalue weighted by Crippen LogP contribution is -2.50. The van der Waals surface area contributed by atoms with Crippen molar-refractivity contribution in [3.8, 4) is 0 Å². The molecule has 0 saturated carbocycles. The molecular weight excluding hydrogens is 424 g/mol. The third-order valence-corrected chi connectivity index (χ3v) is 6.73. The minimum atomic E-state index is -0.0911. The molecule has 2 aromatic heterocycles. The number of anilines is 1. The number of benzene rings is 2. The van der Waals surface area contributed by atoms with Gasteiger partial charge in [-0.2, -0.15) is 14.6 Å². The molecule has 7 nitrogen and oxygen atoms in total. The van der Waals surface area contributed by atoms with Crippen LogP contribution in [0.15, 0.2) is 67.0 Å². The van der Waals surface area contributed by atoms with Gasteiger partial charge >= 0.3 is 0 Å². The quantitative estimate of drug-likeness (QED) is 0.443. The summed E-state index contributed by atoms with van der Waals surface area (Å²) in [4.78, 5) is 26.8. The van der Waals surface area contributed by atoms with Gasteiger partial charge in [-0.15, -0.1) is 0 Å². The summed E-state index contributed by atoms with van der Waals surface area (Å²) < 4.78 is 1.85. The van der Waals surface area contributed by atoms with Gasteiger partial charge in [0.15, 0.2) is 0 Å². The van der Waals surface area contributed by atoms with Crippen molar-refractivity contribution < 1.29 is 4.79 Å². The second-order valence-corrected chi connectivity index (χ2v) is 8.82. The number of aryl methyl sites for hydroxylation is 1. The summed E-state index contributed by atoms with van der Waals surface area (Å²) in [6, 6.07) is 20.6. The van der Waals surface area contributed by atoms with Gasteiger partial charge in [0.1, 0.15) is 12.1 Å². The molecule has 2 aromatic carbocycles. The number of aromatic nitrogens is 4. The van der Waals surface area contributed by atoms with Crippen molar-refractivity contribution >= 4 is 17.5 Å². The highest BCUT2D eigenvalue weighted by Gasteiger charge is 2.29. The highest BCUT2D eigenvalue weighted by molar-refractivity contribution is 5.84. The number of piperazine rings is 1. The van der Waals surface area contributed by atoms with E-state index in [-0.39, 0.29) is 11.8 Å². The van der Waals surface area contributed by atoms with Crippen LogP contribution in [0, 0.1) is 6.92 Å². The fraction of sp³-hybridized carbons (Fsp3) is 0.333. The zero-order valence-corrected chi connectivity index (χ0v) is 19.8. The number of nitrogens with zero attached hydrogens (tertiary/aromatic N) is 6. The Morgan fingerprint density at radius 3 is 2.32 bits per heavy atom. The largest absolute Gasteiger partial charge is 0.353 e. The van der Waals surface area contributed by atoms with Crippen LogP contribution < -0.4 is 4.90 Å². The highest BCUT2D eigenvalue weighted by Crippen LogP contribution is 2.28. The number of fused-ring (bicyclic) bond motifs is 1. The van der Waals surface area contributed by atoms with Gasteiger partial charge in [0.2, 0.25) is 5.91 Å². The Kier molecular flexibility index (Phi) is 6.25.